The topological polar surface area (TPSA) is 176 Å². The molecule has 38 heavy (non-hydrogen) atoms. The summed E-state index contributed by atoms with van der Waals surface area (Å²) in [5, 5.41) is 38.0. The Kier molecular flexibility index (Phi) is 15.3. The maximum atomic E-state index is 10.1. The van der Waals surface area contributed by atoms with Crippen molar-refractivity contribution >= 4 is 11.9 Å². The number of benzene rings is 4. The number of carbonyl (C=O) groups excluding carboxylic acids is 2. The van der Waals surface area contributed by atoms with Crippen molar-refractivity contribution in [2.24, 2.45) is 0 Å². The molecule has 0 amide bonds. The molecule has 0 radical (unpaired) electrons. The van der Waals surface area contributed by atoms with Gasteiger partial charge in [-0.2, -0.15) is 0 Å². The van der Waals surface area contributed by atoms with Gasteiger partial charge in [-0.05, 0) is 46.5 Å². The maximum Gasteiger partial charge on any atom is 0.115 e. The minimum atomic E-state index is -1.13. The molecule has 0 heterocycles. The molecule has 0 aliphatic carbocycles. The minimum Gasteiger partial charge on any atom is -0.545 e. The zero-order chi connectivity index (χ0) is 28.2. The zero-order valence-electron chi connectivity index (χ0n) is 21.2. The lowest BCUT2D eigenvalue weighted by Crippen LogP contribution is -2.51. The molecule has 8 nitrogen and oxygen atoms in total. The van der Waals surface area contributed by atoms with Crippen LogP contribution in [0.15, 0.2) is 109 Å². The first-order valence-electron chi connectivity index (χ1n) is 11.9. The molecule has 0 atom stereocenters. The number of aromatic carboxylic acids is 2. The predicted octanol–water partition coefficient (Wildman–Crippen LogP) is 0.453. The second kappa shape index (κ2) is 18.6. The van der Waals surface area contributed by atoms with Gasteiger partial charge in [-0.25, -0.2) is 0 Å². The molecule has 8 N–H and O–H groups in total. The summed E-state index contributed by atoms with van der Waals surface area (Å²) in [6.07, 6.45) is 1.97. The van der Waals surface area contributed by atoms with Gasteiger partial charge in [-0.15, -0.1) is 0 Å². The molecule has 8 heteroatoms. The Morgan fingerprint density at radius 3 is 1.03 bits per heavy atom. The summed E-state index contributed by atoms with van der Waals surface area (Å²) in [5.74, 6) is -1.60. The summed E-state index contributed by atoms with van der Waals surface area (Å²) in [4.78, 5) is 20.2. The smallest absolute Gasteiger partial charge is 0.115 e. The van der Waals surface area contributed by atoms with Crippen LogP contribution < -0.4 is 21.7 Å². The molecule has 0 spiro atoms. The summed E-state index contributed by atoms with van der Waals surface area (Å²) in [7, 11) is 0. The Bertz CT molecular complexity index is 1090. The van der Waals surface area contributed by atoms with Crippen LogP contribution in [0.5, 0.6) is 11.5 Å². The normalized spacial score (nSPS) is 9.32. The molecule has 4 aromatic rings. The highest BCUT2D eigenvalue weighted by Gasteiger charge is 1.92. The zero-order valence-corrected chi connectivity index (χ0v) is 21.2. The first-order chi connectivity index (χ1) is 18.3. The van der Waals surface area contributed by atoms with Crippen LogP contribution in [0, 0.1) is 0 Å². The Morgan fingerprint density at radius 1 is 0.526 bits per heavy atom. The van der Waals surface area contributed by atoms with Gasteiger partial charge in [-0.1, -0.05) is 84.9 Å². The average Bonchev–Trinajstić information content (AvgIpc) is 2.94. The summed E-state index contributed by atoms with van der Waals surface area (Å²) >= 11 is 0. The van der Waals surface area contributed by atoms with Gasteiger partial charge in [0, 0.05) is 12.8 Å². The average molecular weight is 519 g/mol. The number of hydrogen-bond donors (Lipinski definition) is 4. The number of rotatable bonds is 6. The van der Waals surface area contributed by atoms with E-state index in [0.29, 0.717) is 11.5 Å². The summed E-state index contributed by atoms with van der Waals surface area (Å²) < 4.78 is 0. The van der Waals surface area contributed by atoms with E-state index in [1.807, 2.05) is 24.3 Å². The molecular weight excluding hydrogens is 484 g/mol. The summed E-state index contributed by atoms with van der Waals surface area (Å²) in [6.45, 7) is 1.82. The van der Waals surface area contributed by atoms with Crippen molar-refractivity contribution in [2.45, 2.75) is 12.8 Å². The first-order valence-corrected chi connectivity index (χ1v) is 11.9. The Hall–Kier alpha value is -4.66. The van der Waals surface area contributed by atoms with Gasteiger partial charge in [0.2, 0.25) is 0 Å². The van der Waals surface area contributed by atoms with Crippen LogP contribution in [0.25, 0.3) is 0 Å². The van der Waals surface area contributed by atoms with Crippen molar-refractivity contribution in [3.63, 3.8) is 0 Å². The molecule has 4 rings (SSSR count). The van der Waals surface area contributed by atoms with E-state index in [2.05, 4.69) is 11.5 Å². The third-order valence-corrected chi connectivity index (χ3v) is 4.82. The minimum absolute atomic E-state index is 0.220. The second-order valence-corrected chi connectivity index (χ2v) is 7.85. The van der Waals surface area contributed by atoms with E-state index in [1.165, 1.54) is 35.4 Å². The predicted molar refractivity (Wildman–Crippen MR) is 141 cm³/mol. The van der Waals surface area contributed by atoms with E-state index in [-0.39, 0.29) is 11.1 Å². The quantitative estimate of drug-likeness (QED) is 0.288. The molecule has 200 valence electrons. The van der Waals surface area contributed by atoms with Crippen molar-refractivity contribution in [3.8, 4) is 11.5 Å². The number of carboxylic acid groups (broad SMARTS) is 2. The number of aromatic hydroxyl groups is 2. The Labute approximate surface area is 222 Å². The third kappa shape index (κ3) is 14.0. The van der Waals surface area contributed by atoms with Gasteiger partial charge in [-0.3, -0.25) is 0 Å². The van der Waals surface area contributed by atoms with Gasteiger partial charge in [0.1, 0.15) is 11.5 Å². The largest absolute Gasteiger partial charge is 0.545 e. The third-order valence-electron chi connectivity index (χ3n) is 4.82. The highest BCUT2D eigenvalue weighted by molar-refractivity contribution is 5.85. The second-order valence-electron chi connectivity index (χ2n) is 7.85. The number of hydrogen-bond acceptors (Lipinski definition) is 6. The standard InChI is InChI=1S/2C8H11NO.2C7H6O2/c2*9-6-5-7-1-3-8(10)4-2-7;2*8-7(9)6-4-2-1-3-5-6/h2*1-4,10H,5-6,9H2;2*1-5H,(H,8,9). The van der Waals surface area contributed by atoms with Crippen LogP contribution in [-0.2, 0) is 12.8 Å². The molecule has 0 saturated heterocycles. The van der Waals surface area contributed by atoms with Crippen molar-refractivity contribution in [1.29, 1.82) is 0 Å². The van der Waals surface area contributed by atoms with Crippen LogP contribution in [-0.4, -0.2) is 35.2 Å². The first kappa shape index (κ1) is 31.4. The number of quaternary nitrogens is 2. The van der Waals surface area contributed by atoms with Crippen LogP contribution in [0.1, 0.15) is 31.8 Å². The summed E-state index contributed by atoms with van der Waals surface area (Å²) in [5.41, 5.74) is 10.4. The molecule has 0 bridgehead atoms. The molecule has 0 aromatic heterocycles. The number of phenols is 2. The van der Waals surface area contributed by atoms with Gasteiger partial charge < -0.3 is 41.5 Å². The lowest BCUT2D eigenvalue weighted by molar-refractivity contribution is -0.367. The van der Waals surface area contributed by atoms with E-state index in [4.69, 9.17) is 10.2 Å². The number of carbonyl (C=O) groups is 2. The molecule has 0 unspecified atom stereocenters. The Morgan fingerprint density at radius 2 is 0.816 bits per heavy atom. The van der Waals surface area contributed by atoms with E-state index in [1.54, 1.807) is 60.7 Å². The lowest BCUT2D eigenvalue weighted by Gasteiger charge is -1.97. The van der Waals surface area contributed by atoms with Crippen molar-refractivity contribution < 1.29 is 41.5 Å². The van der Waals surface area contributed by atoms with Crippen LogP contribution >= 0.6 is 0 Å². The monoisotopic (exact) mass is 518 g/mol. The van der Waals surface area contributed by atoms with Crippen LogP contribution in [0.2, 0.25) is 0 Å². The fourth-order valence-electron chi connectivity index (χ4n) is 2.88. The van der Waals surface area contributed by atoms with Crippen LogP contribution in [0.4, 0.5) is 0 Å². The highest BCUT2D eigenvalue weighted by atomic mass is 16.4. The Balaban J connectivity index is 0.000000254. The van der Waals surface area contributed by atoms with Crippen molar-refractivity contribution in [1.82, 2.24) is 0 Å². The van der Waals surface area contributed by atoms with Gasteiger partial charge in [0.15, 0.2) is 0 Å². The molecule has 4 aromatic carbocycles. The lowest BCUT2D eigenvalue weighted by atomic mass is 10.1. The maximum absolute atomic E-state index is 10.1. The fraction of sp³-hybridized carbons (Fsp3) is 0.133. The molecular formula is C30H34N2O6. The van der Waals surface area contributed by atoms with E-state index < -0.39 is 11.9 Å². The van der Waals surface area contributed by atoms with E-state index >= 15 is 0 Å². The summed E-state index contributed by atoms with van der Waals surface area (Å²) in [6, 6.07) is 30.6. The van der Waals surface area contributed by atoms with Gasteiger partial charge in [0.05, 0.1) is 25.0 Å². The SMILES string of the molecule is O=C([O-])c1ccccc1.O=C([O-])c1ccccc1.[NH3+]CCc1ccc(O)cc1.[NH3+]CCc1ccc(O)cc1. The fourth-order valence-corrected chi connectivity index (χ4v) is 2.88. The molecule has 0 fully saturated rings. The van der Waals surface area contributed by atoms with Gasteiger partial charge >= 0.3 is 0 Å². The van der Waals surface area contributed by atoms with Crippen LogP contribution in [0.3, 0.4) is 0 Å². The highest BCUT2D eigenvalue weighted by Crippen LogP contribution is 2.09. The molecule has 0 aliphatic rings. The van der Waals surface area contributed by atoms with Crippen molar-refractivity contribution in [2.75, 3.05) is 13.1 Å². The van der Waals surface area contributed by atoms with E-state index in [0.717, 1.165) is 25.9 Å². The van der Waals surface area contributed by atoms with E-state index in [9.17, 15) is 19.8 Å². The molecule has 0 aliphatic heterocycles. The van der Waals surface area contributed by atoms with Gasteiger partial charge in [0.25, 0.3) is 0 Å². The molecule has 0 saturated carbocycles. The number of phenolic OH excluding ortho intramolecular Hbond substituents is 2. The van der Waals surface area contributed by atoms with Crippen molar-refractivity contribution in [3.05, 3.63) is 131 Å². The number of carboxylic acids is 2.